The number of nitrogens with zero attached hydrogens (tertiary/aromatic N) is 1. The molecule has 0 aliphatic carbocycles. The number of rotatable bonds is 39. The average molecular weight is 745 g/mol. The Balaban J connectivity index is 4.41. The molecule has 0 bridgehead atoms. The van der Waals surface area contributed by atoms with E-state index in [-0.39, 0.29) is 19.1 Å². The van der Waals surface area contributed by atoms with Gasteiger partial charge in [0.05, 0.1) is 39.9 Å². The maximum absolute atomic E-state index is 12.8. The van der Waals surface area contributed by atoms with Crippen LogP contribution >= 0.6 is 7.82 Å². The molecule has 0 aromatic heterocycles. The summed E-state index contributed by atoms with van der Waals surface area (Å²) in [5, 5.41) is 13.8. The van der Waals surface area contributed by atoms with Crippen LogP contribution in [0.2, 0.25) is 0 Å². The third kappa shape index (κ3) is 37.4. The predicted octanol–water partition coefficient (Wildman–Crippen LogP) is 10.9. The molecule has 0 saturated heterocycles. The molecule has 0 aliphatic heterocycles. The number of unbranched alkanes of at least 4 members (excludes halogenated alkanes) is 25. The number of phosphoric ester groups is 1. The molecule has 0 aromatic rings. The normalized spacial score (nSPS) is 14.6. The first-order chi connectivity index (χ1) is 24.5. The number of allylic oxidation sites excluding steroid dienone is 1. The quantitative estimate of drug-likeness (QED) is 0.0281. The summed E-state index contributed by atoms with van der Waals surface area (Å²) in [5.74, 6) is -0.186. The Morgan fingerprint density at radius 3 is 1.51 bits per heavy atom. The first-order valence-corrected chi connectivity index (χ1v) is 23.0. The summed E-state index contributed by atoms with van der Waals surface area (Å²) >= 11 is 0. The van der Waals surface area contributed by atoms with E-state index in [1.54, 1.807) is 0 Å². The minimum absolute atomic E-state index is 0.00477. The molecule has 0 rings (SSSR count). The van der Waals surface area contributed by atoms with E-state index in [0.29, 0.717) is 23.9 Å². The van der Waals surface area contributed by atoms with Gasteiger partial charge in [0, 0.05) is 6.42 Å². The van der Waals surface area contributed by atoms with Gasteiger partial charge in [-0.25, -0.2) is 0 Å². The number of likely N-dealkylation sites (N-methyl/N-ethyl adjacent to an activating group) is 1. The van der Waals surface area contributed by atoms with Gasteiger partial charge in [-0.05, 0) is 25.7 Å². The molecule has 1 amide bonds. The molecule has 0 radical (unpaired) electrons. The van der Waals surface area contributed by atoms with Gasteiger partial charge in [-0.2, -0.15) is 0 Å². The van der Waals surface area contributed by atoms with Crippen LogP contribution in [-0.4, -0.2) is 68.5 Å². The van der Waals surface area contributed by atoms with Crippen LogP contribution in [0.25, 0.3) is 0 Å². The number of nitrogens with one attached hydrogen (secondary N) is 1. The van der Waals surface area contributed by atoms with Crippen molar-refractivity contribution in [3.05, 3.63) is 12.2 Å². The molecule has 9 heteroatoms. The largest absolute Gasteiger partial charge is 0.756 e. The van der Waals surface area contributed by atoms with Gasteiger partial charge in [-0.1, -0.05) is 180 Å². The average Bonchev–Trinajstić information content (AvgIpc) is 3.07. The highest BCUT2D eigenvalue weighted by Crippen LogP contribution is 2.38. The molecular weight excluding hydrogens is 659 g/mol. The minimum atomic E-state index is -4.57. The van der Waals surface area contributed by atoms with E-state index in [1.165, 1.54) is 141 Å². The number of carbonyl (C=O) groups excluding carboxylic acids is 1. The standard InChI is InChI=1S/C42H85N2O6P/c1-6-8-10-12-14-16-18-20-21-22-24-26-28-30-32-34-36-42(46)43-40(39-50-51(47,48)49-38-37-44(3,4)5)41(45)35-33-31-29-27-25-23-19-17-15-13-11-9-7-2/h31,33,40-41,45H,6-30,32,34-39H2,1-5H3,(H-,43,46,47,48)/t40-,41+/m0/s1. The molecule has 0 saturated carbocycles. The first kappa shape index (κ1) is 50.2. The fourth-order valence-electron chi connectivity index (χ4n) is 6.26. The molecule has 1 unspecified atom stereocenters. The van der Waals surface area contributed by atoms with E-state index in [9.17, 15) is 19.4 Å². The van der Waals surface area contributed by atoms with Crippen molar-refractivity contribution < 1.29 is 32.9 Å². The van der Waals surface area contributed by atoms with E-state index in [1.807, 2.05) is 27.2 Å². The molecule has 304 valence electrons. The smallest absolute Gasteiger partial charge is 0.268 e. The van der Waals surface area contributed by atoms with Crippen molar-refractivity contribution in [2.75, 3.05) is 40.9 Å². The van der Waals surface area contributed by atoms with Gasteiger partial charge in [0.2, 0.25) is 5.91 Å². The van der Waals surface area contributed by atoms with E-state index < -0.39 is 20.0 Å². The summed E-state index contributed by atoms with van der Waals surface area (Å²) in [5.41, 5.74) is 0. The van der Waals surface area contributed by atoms with E-state index in [4.69, 9.17) is 9.05 Å². The van der Waals surface area contributed by atoms with Crippen molar-refractivity contribution in [2.45, 2.75) is 212 Å². The van der Waals surface area contributed by atoms with Crippen LogP contribution in [0.1, 0.15) is 200 Å². The van der Waals surface area contributed by atoms with Crippen molar-refractivity contribution >= 4 is 13.7 Å². The summed E-state index contributed by atoms with van der Waals surface area (Å²) in [7, 11) is 1.28. The van der Waals surface area contributed by atoms with Crippen LogP contribution in [0.4, 0.5) is 0 Å². The lowest BCUT2D eigenvalue weighted by atomic mass is 10.0. The SMILES string of the molecule is CCCCCCCCCCCCC=CC[C@@H](O)[C@H](COP(=O)([O-])OCC[N+](C)(C)C)NC(=O)CCCCCCCCCCCCCCCCCC. The zero-order valence-corrected chi connectivity index (χ0v) is 35.2. The number of aliphatic hydroxyl groups is 1. The molecule has 0 aromatic carbocycles. The lowest BCUT2D eigenvalue weighted by molar-refractivity contribution is -0.870. The van der Waals surface area contributed by atoms with Crippen LogP contribution in [0.3, 0.4) is 0 Å². The Morgan fingerprint density at radius 1 is 0.667 bits per heavy atom. The van der Waals surface area contributed by atoms with Crippen molar-refractivity contribution in [3.63, 3.8) is 0 Å². The summed E-state index contributed by atoms with van der Waals surface area (Å²) in [6.07, 6.45) is 38.0. The number of amides is 1. The van der Waals surface area contributed by atoms with Gasteiger partial charge >= 0.3 is 0 Å². The van der Waals surface area contributed by atoms with E-state index in [2.05, 4.69) is 25.2 Å². The molecule has 51 heavy (non-hydrogen) atoms. The topological polar surface area (TPSA) is 108 Å². The summed E-state index contributed by atoms with van der Waals surface area (Å²) in [4.78, 5) is 25.2. The van der Waals surface area contributed by atoms with Crippen molar-refractivity contribution in [3.8, 4) is 0 Å². The Kier molecular flexibility index (Phi) is 34.5. The molecule has 2 N–H and O–H groups in total. The highest BCUT2D eigenvalue weighted by Gasteiger charge is 2.24. The van der Waals surface area contributed by atoms with Gasteiger partial charge in [0.25, 0.3) is 7.82 Å². The molecule has 3 atom stereocenters. The summed E-state index contributed by atoms with van der Waals surface area (Å²) < 4.78 is 23.2. The van der Waals surface area contributed by atoms with E-state index >= 15 is 0 Å². The maximum atomic E-state index is 12.8. The van der Waals surface area contributed by atoms with Gasteiger partial charge in [0.15, 0.2) is 0 Å². The number of phosphoric acid groups is 1. The minimum Gasteiger partial charge on any atom is -0.756 e. The summed E-state index contributed by atoms with van der Waals surface area (Å²) in [6.45, 7) is 4.67. The second-order valence-corrected chi connectivity index (χ2v) is 17.5. The molecule has 0 fully saturated rings. The Bertz CT molecular complexity index is 850. The number of hydrogen-bond acceptors (Lipinski definition) is 6. The highest BCUT2D eigenvalue weighted by molar-refractivity contribution is 7.45. The van der Waals surface area contributed by atoms with E-state index in [0.717, 1.165) is 32.1 Å². The van der Waals surface area contributed by atoms with Crippen LogP contribution in [0, 0.1) is 0 Å². The molecule has 0 aliphatic rings. The van der Waals surface area contributed by atoms with Gasteiger partial charge in [-0.15, -0.1) is 0 Å². The first-order valence-electron chi connectivity index (χ1n) is 21.5. The second-order valence-electron chi connectivity index (χ2n) is 16.1. The van der Waals surface area contributed by atoms with Crippen LogP contribution in [0.15, 0.2) is 12.2 Å². The second kappa shape index (κ2) is 35.0. The van der Waals surface area contributed by atoms with Crippen molar-refractivity contribution in [1.82, 2.24) is 5.32 Å². The molecule has 0 heterocycles. The van der Waals surface area contributed by atoms with Crippen molar-refractivity contribution in [2.24, 2.45) is 0 Å². The monoisotopic (exact) mass is 745 g/mol. The predicted molar refractivity (Wildman–Crippen MR) is 215 cm³/mol. The van der Waals surface area contributed by atoms with Gasteiger partial charge in [-0.3, -0.25) is 9.36 Å². The lowest BCUT2D eigenvalue weighted by Crippen LogP contribution is -2.46. The molecular formula is C42H85N2O6P. The highest BCUT2D eigenvalue weighted by atomic mass is 31.2. The Hall–Kier alpha value is -0.760. The number of aliphatic hydroxyl groups excluding tert-OH is 1. The Morgan fingerprint density at radius 2 is 1.08 bits per heavy atom. The van der Waals surface area contributed by atoms with Crippen LogP contribution < -0.4 is 10.2 Å². The van der Waals surface area contributed by atoms with Crippen LogP contribution in [-0.2, 0) is 18.4 Å². The van der Waals surface area contributed by atoms with Gasteiger partial charge < -0.3 is 28.8 Å². The number of hydrogen-bond donors (Lipinski definition) is 2. The molecule has 8 nitrogen and oxygen atoms in total. The number of carbonyl (C=O) groups is 1. The van der Waals surface area contributed by atoms with Crippen LogP contribution in [0.5, 0.6) is 0 Å². The molecule has 0 spiro atoms. The zero-order chi connectivity index (χ0) is 37.9. The van der Waals surface area contributed by atoms with Crippen molar-refractivity contribution in [1.29, 1.82) is 0 Å². The number of quaternary nitrogens is 1. The third-order valence-corrected chi connectivity index (χ3v) is 10.7. The lowest BCUT2D eigenvalue weighted by Gasteiger charge is -2.29. The fraction of sp³-hybridized carbons (Fsp3) is 0.929. The third-order valence-electron chi connectivity index (χ3n) is 9.76. The zero-order valence-electron chi connectivity index (χ0n) is 34.3. The Labute approximate surface area is 316 Å². The fourth-order valence-corrected chi connectivity index (χ4v) is 6.99. The maximum Gasteiger partial charge on any atom is 0.268 e. The van der Waals surface area contributed by atoms with Gasteiger partial charge in [0.1, 0.15) is 13.2 Å². The summed E-state index contributed by atoms with van der Waals surface area (Å²) in [6, 6.07) is -0.843.